The average molecular weight is 314 g/mol. The Labute approximate surface area is 134 Å². The minimum absolute atomic E-state index is 0.0970. The number of rotatable bonds is 2. The SMILES string of the molecule is CN1C(=O)NC(=O)/C(=C/c2cc(C(C)(C)C)cn2CC#N)C1=O. The van der Waals surface area contributed by atoms with Gasteiger partial charge in [0.1, 0.15) is 12.1 Å². The molecule has 0 aliphatic carbocycles. The standard InChI is InChI=1S/C16H18N4O3/c1-16(2,3)10-7-11(20(9-10)6-5-17)8-12-13(21)18-15(23)19(4)14(12)22/h7-9H,6H2,1-4H3,(H,18,21,23)/b12-8-. The summed E-state index contributed by atoms with van der Waals surface area (Å²) >= 11 is 0. The number of imide groups is 2. The largest absolute Gasteiger partial charge is 0.334 e. The first-order chi connectivity index (χ1) is 10.6. The topological polar surface area (TPSA) is 95.2 Å². The first kappa shape index (κ1) is 16.5. The highest BCUT2D eigenvalue weighted by molar-refractivity contribution is 6.30. The normalized spacial score (nSPS) is 17.4. The third-order valence-corrected chi connectivity index (χ3v) is 3.63. The van der Waals surface area contributed by atoms with E-state index in [9.17, 15) is 14.4 Å². The zero-order valence-corrected chi connectivity index (χ0v) is 13.5. The molecule has 0 saturated carbocycles. The molecule has 0 unspecified atom stereocenters. The van der Waals surface area contributed by atoms with E-state index in [-0.39, 0.29) is 17.5 Å². The molecule has 1 aromatic rings. The lowest BCUT2D eigenvalue weighted by Gasteiger charge is -2.22. The summed E-state index contributed by atoms with van der Waals surface area (Å²) in [7, 11) is 1.30. The van der Waals surface area contributed by atoms with Gasteiger partial charge in [-0.3, -0.25) is 19.8 Å². The van der Waals surface area contributed by atoms with Crippen LogP contribution >= 0.6 is 0 Å². The van der Waals surface area contributed by atoms with Crippen molar-refractivity contribution in [2.45, 2.75) is 32.7 Å². The van der Waals surface area contributed by atoms with E-state index in [2.05, 4.69) is 5.32 Å². The van der Waals surface area contributed by atoms with Gasteiger partial charge in [-0.25, -0.2) is 4.79 Å². The van der Waals surface area contributed by atoms with Gasteiger partial charge in [-0.05, 0) is 23.1 Å². The van der Waals surface area contributed by atoms with E-state index in [1.165, 1.54) is 13.1 Å². The van der Waals surface area contributed by atoms with Crippen molar-refractivity contribution < 1.29 is 14.4 Å². The van der Waals surface area contributed by atoms with Gasteiger partial charge in [-0.15, -0.1) is 0 Å². The van der Waals surface area contributed by atoms with E-state index in [1.807, 2.05) is 39.1 Å². The smallest absolute Gasteiger partial charge is 0.331 e. The molecule has 7 heteroatoms. The Kier molecular flexibility index (Phi) is 4.10. The molecule has 0 radical (unpaired) electrons. The van der Waals surface area contributed by atoms with Crippen LogP contribution in [0.5, 0.6) is 0 Å². The number of amides is 4. The van der Waals surface area contributed by atoms with Crippen molar-refractivity contribution in [3.05, 3.63) is 29.1 Å². The van der Waals surface area contributed by atoms with Crippen LogP contribution in [0, 0.1) is 11.3 Å². The highest BCUT2D eigenvalue weighted by Crippen LogP contribution is 2.26. The summed E-state index contributed by atoms with van der Waals surface area (Å²) in [5.74, 6) is -1.40. The Morgan fingerprint density at radius 1 is 1.30 bits per heavy atom. The van der Waals surface area contributed by atoms with Gasteiger partial charge in [0.15, 0.2) is 0 Å². The van der Waals surface area contributed by atoms with E-state index < -0.39 is 17.8 Å². The zero-order valence-electron chi connectivity index (χ0n) is 13.5. The lowest BCUT2D eigenvalue weighted by Crippen LogP contribution is -2.52. The molecular weight excluding hydrogens is 296 g/mol. The maximum Gasteiger partial charge on any atom is 0.331 e. The quantitative estimate of drug-likeness (QED) is 0.659. The summed E-state index contributed by atoms with van der Waals surface area (Å²) in [6.45, 7) is 6.18. The summed E-state index contributed by atoms with van der Waals surface area (Å²) in [4.78, 5) is 36.3. The number of hydrogen-bond acceptors (Lipinski definition) is 4. The molecule has 23 heavy (non-hydrogen) atoms. The number of aromatic nitrogens is 1. The molecular formula is C16H18N4O3. The fourth-order valence-corrected chi connectivity index (χ4v) is 2.16. The molecule has 1 aliphatic rings. The maximum atomic E-state index is 12.1. The van der Waals surface area contributed by atoms with Crippen molar-refractivity contribution in [3.63, 3.8) is 0 Å². The predicted octanol–water partition coefficient (Wildman–Crippen LogP) is 1.40. The molecule has 2 rings (SSSR count). The molecule has 7 nitrogen and oxygen atoms in total. The Hall–Kier alpha value is -2.88. The van der Waals surface area contributed by atoms with Gasteiger partial charge in [-0.2, -0.15) is 5.26 Å². The van der Waals surface area contributed by atoms with Crippen molar-refractivity contribution in [1.82, 2.24) is 14.8 Å². The van der Waals surface area contributed by atoms with Gasteiger partial charge in [0, 0.05) is 18.9 Å². The number of carbonyl (C=O) groups is 3. The van der Waals surface area contributed by atoms with Crippen LogP contribution in [0.15, 0.2) is 17.8 Å². The molecule has 2 heterocycles. The van der Waals surface area contributed by atoms with Crippen LogP contribution in [-0.4, -0.2) is 34.4 Å². The van der Waals surface area contributed by atoms with Gasteiger partial charge < -0.3 is 4.57 Å². The Bertz CT molecular complexity index is 759. The molecule has 0 atom stereocenters. The number of nitriles is 1. The second-order valence-electron chi connectivity index (χ2n) is 6.37. The summed E-state index contributed by atoms with van der Waals surface area (Å²) in [5, 5.41) is 11.1. The second kappa shape index (κ2) is 5.72. The molecule has 120 valence electrons. The first-order valence-corrected chi connectivity index (χ1v) is 7.08. The highest BCUT2D eigenvalue weighted by atomic mass is 16.2. The predicted molar refractivity (Wildman–Crippen MR) is 83.0 cm³/mol. The van der Waals surface area contributed by atoms with Gasteiger partial charge in [-0.1, -0.05) is 20.8 Å². The summed E-state index contributed by atoms with van der Waals surface area (Å²) in [5.41, 5.74) is 1.27. The third-order valence-electron chi connectivity index (χ3n) is 3.63. The van der Waals surface area contributed by atoms with Crippen molar-refractivity contribution in [1.29, 1.82) is 5.26 Å². The molecule has 1 aliphatic heterocycles. The Balaban J connectivity index is 2.51. The fourth-order valence-electron chi connectivity index (χ4n) is 2.16. The zero-order chi connectivity index (χ0) is 17.4. The fraction of sp³-hybridized carbons (Fsp3) is 0.375. The monoisotopic (exact) mass is 314 g/mol. The number of carbonyl (C=O) groups excluding carboxylic acids is 3. The second-order valence-corrected chi connectivity index (χ2v) is 6.37. The molecule has 0 bridgehead atoms. The van der Waals surface area contributed by atoms with Gasteiger partial charge in [0.2, 0.25) is 0 Å². The third kappa shape index (κ3) is 3.16. The summed E-state index contributed by atoms with van der Waals surface area (Å²) < 4.78 is 1.67. The highest BCUT2D eigenvalue weighted by Gasteiger charge is 2.33. The number of nitrogens with one attached hydrogen (secondary N) is 1. The van der Waals surface area contributed by atoms with Gasteiger partial charge in [0.25, 0.3) is 11.8 Å². The number of urea groups is 1. The van der Waals surface area contributed by atoms with Crippen LogP contribution in [-0.2, 0) is 21.5 Å². The molecule has 1 N–H and O–H groups in total. The van der Waals surface area contributed by atoms with Crippen LogP contribution in [0.1, 0.15) is 32.0 Å². The molecule has 1 saturated heterocycles. The molecule has 1 fully saturated rings. The van der Waals surface area contributed by atoms with Crippen LogP contribution in [0.2, 0.25) is 0 Å². The van der Waals surface area contributed by atoms with Gasteiger partial charge >= 0.3 is 6.03 Å². The van der Waals surface area contributed by atoms with Gasteiger partial charge in [0.05, 0.1) is 6.07 Å². The first-order valence-electron chi connectivity index (χ1n) is 7.08. The van der Waals surface area contributed by atoms with Crippen LogP contribution in [0.4, 0.5) is 4.79 Å². The number of barbiturate groups is 1. The summed E-state index contributed by atoms with van der Waals surface area (Å²) in [6, 6.07) is 3.13. The summed E-state index contributed by atoms with van der Waals surface area (Å²) in [6.07, 6.45) is 3.24. The van der Waals surface area contributed by atoms with E-state index in [0.29, 0.717) is 5.69 Å². The van der Waals surface area contributed by atoms with E-state index >= 15 is 0 Å². The molecule has 1 aromatic heterocycles. The Morgan fingerprint density at radius 2 is 1.96 bits per heavy atom. The minimum atomic E-state index is -0.750. The lowest BCUT2D eigenvalue weighted by atomic mass is 9.89. The van der Waals surface area contributed by atoms with Crippen LogP contribution in [0.25, 0.3) is 6.08 Å². The number of likely N-dealkylation sites (N-methyl/N-ethyl adjacent to an activating group) is 1. The minimum Gasteiger partial charge on any atom is -0.334 e. The van der Waals surface area contributed by atoms with Crippen molar-refractivity contribution >= 4 is 23.9 Å². The molecule has 4 amide bonds. The van der Waals surface area contributed by atoms with Crippen LogP contribution in [0.3, 0.4) is 0 Å². The lowest BCUT2D eigenvalue weighted by molar-refractivity contribution is -0.129. The Morgan fingerprint density at radius 3 is 2.52 bits per heavy atom. The molecule has 0 aromatic carbocycles. The van der Waals surface area contributed by atoms with Crippen molar-refractivity contribution in [3.8, 4) is 6.07 Å². The van der Waals surface area contributed by atoms with E-state index in [0.717, 1.165) is 10.5 Å². The van der Waals surface area contributed by atoms with E-state index in [1.54, 1.807) is 4.57 Å². The van der Waals surface area contributed by atoms with Crippen molar-refractivity contribution in [2.75, 3.05) is 7.05 Å². The number of nitrogens with zero attached hydrogens (tertiary/aromatic N) is 3. The molecule has 0 spiro atoms. The van der Waals surface area contributed by atoms with E-state index in [4.69, 9.17) is 5.26 Å². The maximum absolute atomic E-state index is 12.1. The van der Waals surface area contributed by atoms with Crippen molar-refractivity contribution in [2.24, 2.45) is 0 Å². The van der Waals surface area contributed by atoms with Crippen LogP contribution < -0.4 is 5.32 Å². The average Bonchev–Trinajstić information content (AvgIpc) is 2.85. The number of hydrogen-bond donors (Lipinski definition) is 1.